The molecule has 1 aromatic carbocycles. The molecule has 0 bridgehead atoms. The smallest absolute Gasteiger partial charge is 0.270 e. The number of nitrogens with zero attached hydrogens (tertiary/aromatic N) is 1. The SMILES string of the molecule is CCCC1CCCCN1C(=O)c1cc2ccccc2[nH]1. The maximum Gasteiger partial charge on any atom is 0.270 e. The number of rotatable bonds is 3. The van der Waals surface area contributed by atoms with Crippen molar-refractivity contribution in [1.29, 1.82) is 0 Å². The van der Waals surface area contributed by atoms with Gasteiger partial charge in [0.2, 0.25) is 0 Å². The van der Waals surface area contributed by atoms with Gasteiger partial charge >= 0.3 is 0 Å². The van der Waals surface area contributed by atoms with Crippen molar-refractivity contribution >= 4 is 16.8 Å². The predicted molar refractivity (Wildman–Crippen MR) is 81.9 cm³/mol. The highest BCUT2D eigenvalue weighted by atomic mass is 16.2. The van der Waals surface area contributed by atoms with E-state index < -0.39 is 0 Å². The number of fused-ring (bicyclic) bond motifs is 1. The molecule has 0 spiro atoms. The summed E-state index contributed by atoms with van der Waals surface area (Å²) in [6, 6.07) is 10.5. The molecule has 1 fully saturated rings. The number of amides is 1. The van der Waals surface area contributed by atoms with Crippen LogP contribution in [0.3, 0.4) is 0 Å². The van der Waals surface area contributed by atoms with Gasteiger partial charge in [0, 0.05) is 23.5 Å². The zero-order valence-electron chi connectivity index (χ0n) is 12.1. The number of para-hydroxylation sites is 1. The summed E-state index contributed by atoms with van der Waals surface area (Å²) in [4.78, 5) is 18.1. The van der Waals surface area contributed by atoms with Crippen molar-refractivity contribution in [3.05, 3.63) is 36.0 Å². The lowest BCUT2D eigenvalue weighted by Crippen LogP contribution is -2.43. The highest BCUT2D eigenvalue weighted by molar-refractivity contribution is 5.98. The molecule has 1 saturated heterocycles. The summed E-state index contributed by atoms with van der Waals surface area (Å²) in [5.74, 6) is 0.166. The van der Waals surface area contributed by atoms with Gasteiger partial charge < -0.3 is 9.88 Å². The Kier molecular flexibility index (Phi) is 3.77. The lowest BCUT2D eigenvalue weighted by Gasteiger charge is -2.35. The lowest BCUT2D eigenvalue weighted by molar-refractivity contribution is 0.0595. The normalized spacial score (nSPS) is 19.4. The van der Waals surface area contributed by atoms with Crippen LogP contribution in [0.1, 0.15) is 49.5 Å². The third-order valence-electron chi connectivity index (χ3n) is 4.27. The molecule has 1 amide bonds. The van der Waals surface area contributed by atoms with Gasteiger partial charge in [-0.3, -0.25) is 4.79 Å². The number of nitrogens with one attached hydrogen (secondary N) is 1. The van der Waals surface area contributed by atoms with Crippen LogP contribution in [0.25, 0.3) is 10.9 Å². The van der Waals surface area contributed by atoms with E-state index in [4.69, 9.17) is 0 Å². The van der Waals surface area contributed by atoms with Crippen molar-refractivity contribution in [3.8, 4) is 0 Å². The number of hydrogen-bond donors (Lipinski definition) is 1. The predicted octanol–water partition coefficient (Wildman–Crippen LogP) is 3.96. The van der Waals surface area contributed by atoms with Crippen LogP contribution in [-0.4, -0.2) is 28.4 Å². The van der Waals surface area contributed by atoms with E-state index in [-0.39, 0.29) is 5.91 Å². The molecule has 1 atom stereocenters. The second-order valence-corrected chi connectivity index (χ2v) is 5.71. The Bertz CT molecular complexity index is 567. The molecule has 2 aromatic rings. The van der Waals surface area contributed by atoms with Gasteiger partial charge in [-0.1, -0.05) is 31.5 Å². The van der Waals surface area contributed by atoms with Gasteiger partial charge in [0.15, 0.2) is 0 Å². The van der Waals surface area contributed by atoms with Crippen LogP contribution in [0, 0.1) is 0 Å². The van der Waals surface area contributed by atoms with Crippen LogP contribution in [-0.2, 0) is 0 Å². The van der Waals surface area contributed by atoms with E-state index in [9.17, 15) is 4.79 Å². The molecule has 1 aromatic heterocycles. The molecule has 106 valence electrons. The Morgan fingerprint density at radius 1 is 1.35 bits per heavy atom. The zero-order valence-corrected chi connectivity index (χ0v) is 12.1. The maximum atomic E-state index is 12.7. The first-order valence-corrected chi connectivity index (χ1v) is 7.68. The summed E-state index contributed by atoms with van der Waals surface area (Å²) >= 11 is 0. The molecule has 0 saturated carbocycles. The van der Waals surface area contributed by atoms with Gasteiger partial charge in [0.25, 0.3) is 5.91 Å². The second kappa shape index (κ2) is 5.70. The molecular weight excluding hydrogens is 248 g/mol. The molecule has 20 heavy (non-hydrogen) atoms. The molecule has 3 heteroatoms. The van der Waals surface area contributed by atoms with Crippen LogP contribution in [0.5, 0.6) is 0 Å². The summed E-state index contributed by atoms with van der Waals surface area (Å²) in [5.41, 5.74) is 1.77. The minimum absolute atomic E-state index is 0.166. The van der Waals surface area contributed by atoms with Crippen LogP contribution in [0.15, 0.2) is 30.3 Å². The van der Waals surface area contributed by atoms with Crippen molar-refractivity contribution in [2.24, 2.45) is 0 Å². The number of carbonyl (C=O) groups is 1. The first-order valence-electron chi connectivity index (χ1n) is 7.68. The third-order valence-corrected chi connectivity index (χ3v) is 4.27. The number of carbonyl (C=O) groups excluding carboxylic acids is 1. The van der Waals surface area contributed by atoms with Gasteiger partial charge in [-0.15, -0.1) is 0 Å². The molecule has 0 radical (unpaired) electrons. The second-order valence-electron chi connectivity index (χ2n) is 5.71. The molecule has 2 heterocycles. The van der Waals surface area contributed by atoms with Crippen molar-refractivity contribution < 1.29 is 4.79 Å². The van der Waals surface area contributed by atoms with Crippen LogP contribution < -0.4 is 0 Å². The third kappa shape index (κ3) is 2.45. The molecule has 1 N–H and O–H groups in total. The molecular formula is C17H22N2O. The highest BCUT2D eigenvalue weighted by Crippen LogP contribution is 2.24. The van der Waals surface area contributed by atoms with Gasteiger partial charge in [0.1, 0.15) is 5.69 Å². The number of hydrogen-bond acceptors (Lipinski definition) is 1. The Morgan fingerprint density at radius 2 is 2.20 bits per heavy atom. The number of aromatic nitrogens is 1. The first-order chi connectivity index (χ1) is 9.79. The number of aromatic amines is 1. The number of piperidine rings is 1. The van der Waals surface area contributed by atoms with E-state index in [0.29, 0.717) is 6.04 Å². The van der Waals surface area contributed by atoms with E-state index in [1.54, 1.807) is 0 Å². The Hall–Kier alpha value is -1.77. The zero-order chi connectivity index (χ0) is 13.9. The Balaban J connectivity index is 1.86. The quantitative estimate of drug-likeness (QED) is 0.900. The Morgan fingerprint density at radius 3 is 3.00 bits per heavy atom. The molecule has 1 aliphatic heterocycles. The lowest BCUT2D eigenvalue weighted by atomic mass is 9.98. The van der Waals surface area contributed by atoms with E-state index >= 15 is 0 Å². The van der Waals surface area contributed by atoms with Crippen LogP contribution >= 0.6 is 0 Å². The summed E-state index contributed by atoms with van der Waals surface area (Å²) in [6.45, 7) is 3.10. The van der Waals surface area contributed by atoms with E-state index in [1.807, 2.05) is 30.3 Å². The van der Waals surface area contributed by atoms with Crippen molar-refractivity contribution in [2.45, 2.75) is 45.1 Å². The van der Waals surface area contributed by atoms with Crippen molar-refractivity contribution in [3.63, 3.8) is 0 Å². The van der Waals surface area contributed by atoms with Crippen LogP contribution in [0.2, 0.25) is 0 Å². The average Bonchev–Trinajstić information content (AvgIpc) is 2.91. The van der Waals surface area contributed by atoms with Gasteiger partial charge in [-0.25, -0.2) is 0 Å². The summed E-state index contributed by atoms with van der Waals surface area (Å²) in [5, 5.41) is 1.11. The largest absolute Gasteiger partial charge is 0.351 e. The molecule has 3 nitrogen and oxygen atoms in total. The fourth-order valence-corrected chi connectivity index (χ4v) is 3.24. The molecule has 3 rings (SSSR count). The number of H-pyrrole nitrogens is 1. The molecule has 1 unspecified atom stereocenters. The van der Waals surface area contributed by atoms with E-state index in [2.05, 4.69) is 16.8 Å². The summed E-state index contributed by atoms with van der Waals surface area (Å²) in [6.07, 6.45) is 5.79. The number of benzene rings is 1. The average molecular weight is 270 g/mol. The minimum atomic E-state index is 0.166. The fourth-order valence-electron chi connectivity index (χ4n) is 3.24. The van der Waals surface area contributed by atoms with Crippen molar-refractivity contribution in [2.75, 3.05) is 6.54 Å². The summed E-state index contributed by atoms with van der Waals surface area (Å²) in [7, 11) is 0. The first kappa shape index (κ1) is 13.2. The van der Waals surface area contributed by atoms with E-state index in [1.165, 1.54) is 6.42 Å². The monoisotopic (exact) mass is 270 g/mol. The maximum absolute atomic E-state index is 12.7. The topological polar surface area (TPSA) is 36.1 Å². The van der Waals surface area contributed by atoms with Gasteiger partial charge in [0.05, 0.1) is 0 Å². The Labute approximate surface area is 120 Å². The van der Waals surface area contributed by atoms with Crippen molar-refractivity contribution in [1.82, 2.24) is 9.88 Å². The summed E-state index contributed by atoms with van der Waals surface area (Å²) < 4.78 is 0. The number of likely N-dealkylation sites (tertiary alicyclic amines) is 1. The fraction of sp³-hybridized carbons (Fsp3) is 0.471. The van der Waals surface area contributed by atoms with Gasteiger partial charge in [-0.2, -0.15) is 0 Å². The van der Waals surface area contributed by atoms with Gasteiger partial charge in [-0.05, 0) is 37.8 Å². The standard InChI is InChI=1S/C17H22N2O/c1-2-7-14-9-5-6-11-19(14)17(20)16-12-13-8-3-4-10-15(13)18-16/h3-4,8,10,12,14,18H,2,5-7,9,11H2,1H3. The molecule has 0 aliphatic carbocycles. The van der Waals surface area contributed by atoms with Crippen LogP contribution in [0.4, 0.5) is 0 Å². The minimum Gasteiger partial charge on any atom is -0.351 e. The highest BCUT2D eigenvalue weighted by Gasteiger charge is 2.27. The molecule has 1 aliphatic rings. The van der Waals surface area contributed by atoms with E-state index in [0.717, 1.165) is 48.8 Å².